The van der Waals surface area contributed by atoms with Crippen LogP contribution >= 0.6 is 0 Å². The van der Waals surface area contributed by atoms with Crippen molar-refractivity contribution in [1.82, 2.24) is 10.6 Å². The Balaban J connectivity index is 1.10. The van der Waals surface area contributed by atoms with E-state index in [-0.39, 0.29) is 0 Å². The molecule has 3 heteroatoms. The molecule has 55 heavy (non-hydrogen) atoms. The second-order valence-corrected chi connectivity index (χ2v) is 16.9. The van der Waals surface area contributed by atoms with Gasteiger partial charge in [-0.3, -0.25) is 0 Å². The smallest absolute Gasteiger partial charge is 0.118 e. The van der Waals surface area contributed by atoms with Gasteiger partial charge < -0.3 is 15.7 Å². The van der Waals surface area contributed by atoms with E-state index in [9.17, 15) is 5.11 Å². The molecule has 0 aromatic heterocycles. The molecule has 8 rings (SSSR count). The van der Waals surface area contributed by atoms with E-state index >= 15 is 0 Å². The van der Waals surface area contributed by atoms with E-state index in [1.165, 1.54) is 95.2 Å². The van der Waals surface area contributed by atoms with Crippen molar-refractivity contribution in [3.8, 4) is 0 Å². The molecule has 0 spiro atoms. The van der Waals surface area contributed by atoms with Crippen LogP contribution in [0.5, 0.6) is 0 Å². The van der Waals surface area contributed by atoms with Crippen molar-refractivity contribution in [2.45, 2.75) is 115 Å². The molecule has 0 fully saturated rings. The van der Waals surface area contributed by atoms with Crippen molar-refractivity contribution < 1.29 is 5.11 Å². The first-order valence-corrected chi connectivity index (χ1v) is 21.6. The maximum absolute atomic E-state index is 11.0. The zero-order valence-electron chi connectivity index (χ0n) is 33.1. The Morgan fingerprint density at radius 1 is 0.818 bits per heavy atom. The molecule has 286 valence electrons. The number of hydrogen-bond acceptors (Lipinski definition) is 3. The normalized spacial score (nSPS) is 29.8. The van der Waals surface area contributed by atoms with Crippen LogP contribution in [0.3, 0.4) is 0 Å². The van der Waals surface area contributed by atoms with Crippen molar-refractivity contribution in [2.75, 3.05) is 6.54 Å². The van der Waals surface area contributed by atoms with Crippen LogP contribution in [-0.2, 0) is 0 Å². The number of aliphatic hydroxyl groups is 1. The van der Waals surface area contributed by atoms with Crippen LogP contribution in [0.2, 0.25) is 0 Å². The van der Waals surface area contributed by atoms with Crippen molar-refractivity contribution in [3.05, 3.63) is 177 Å². The van der Waals surface area contributed by atoms with E-state index in [2.05, 4.69) is 127 Å². The van der Waals surface area contributed by atoms with Gasteiger partial charge in [-0.2, -0.15) is 0 Å². The first-order chi connectivity index (χ1) is 27.1. The largest absolute Gasteiger partial charge is 0.508 e. The summed E-state index contributed by atoms with van der Waals surface area (Å²) >= 11 is 0. The summed E-state index contributed by atoms with van der Waals surface area (Å²) in [7, 11) is 0. The molecule has 3 nitrogen and oxygen atoms in total. The predicted molar refractivity (Wildman–Crippen MR) is 232 cm³/mol. The molecule has 0 amide bonds. The monoisotopic (exact) mass is 730 g/mol. The van der Waals surface area contributed by atoms with E-state index in [0.29, 0.717) is 35.6 Å². The van der Waals surface area contributed by atoms with Crippen molar-refractivity contribution in [2.24, 2.45) is 17.8 Å². The van der Waals surface area contributed by atoms with Crippen LogP contribution in [0.4, 0.5) is 0 Å². The molecule has 8 aliphatic carbocycles. The summed E-state index contributed by atoms with van der Waals surface area (Å²) in [5, 5.41) is 19.0. The van der Waals surface area contributed by atoms with Gasteiger partial charge in [0.2, 0.25) is 0 Å². The van der Waals surface area contributed by atoms with Gasteiger partial charge >= 0.3 is 0 Å². The second-order valence-electron chi connectivity index (χ2n) is 16.9. The van der Waals surface area contributed by atoms with Gasteiger partial charge in [0.1, 0.15) is 5.76 Å². The molecule has 0 aliphatic heterocycles. The van der Waals surface area contributed by atoms with Gasteiger partial charge in [0.15, 0.2) is 0 Å². The highest BCUT2D eigenvalue weighted by atomic mass is 16.3. The second kappa shape index (κ2) is 18.1. The molecule has 0 bridgehead atoms. The van der Waals surface area contributed by atoms with E-state index in [4.69, 9.17) is 0 Å². The highest BCUT2D eigenvalue weighted by Crippen LogP contribution is 2.42. The molecular formula is C52H62N2O. The number of hydrogen-bond donors (Lipinski definition) is 3. The average molecular weight is 731 g/mol. The molecule has 5 atom stereocenters. The van der Waals surface area contributed by atoms with Gasteiger partial charge in [-0.15, -0.1) is 0 Å². The summed E-state index contributed by atoms with van der Waals surface area (Å²) < 4.78 is 0. The summed E-state index contributed by atoms with van der Waals surface area (Å²) in [6.07, 6.45) is 61.2. The molecule has 0 radical (unpaired) electrons. The lowest BCUT2D eigenvalue weighted by Gasteiger charge is -2.36. The lowest BCUT2D eigenvalue weighted by Crippen LogP contribution is -2.40. The van der Waals surface area contributed by atoms with E-state index in [1.54, 1.807) is 0 Å². The fourth-order valence-corrected chi connectivity index (χ4v) is 10.1. The Kier molecular flexibility index (Phi) is 12.3. The number of aliphatic hydroxyl groups excluding tert-OH is 1. The maximum atomic E-state index is 11.0. The predicted octanol–water partition coefficient (Wildman–Crippen LogP) is 12.6. The Hall–Kier alpha value is -4.34. The third kappa shape index (κ3) is 9.21. The van der Waals surface area contributed by atoms with E-state index in [0.717, 1.165) is 63.5 Å². The highest BCUT2D eigenvalue weighted by molar-refractivity contribution is 5.58. The Morgan fingerprint density at radius 3 is 2.62 bits per heavy atom. The Bertz CT molecular complexity index is 1950. The van der Waals surface area contributed by atoms with Crippen LogP contribution in [0.1, 0.15) is 103 Å². The first-order valence-electron chi connectivity index (χ1n) is 21.6. The number of allylic oxidation sites excluding steroid dienone is 25. The molecule has 0 heterocycles. The molecule has 8 aliphatic rings. The third-order valence-corrected chi connectivity index (χ3v) is 13.2. The maximum Gasteiger partial charge on any atom is 0.118 e. The van der Waals surface area contributed by atoms with Crippen LogP contribution in [0, 0.1) is 17.8 Å². The summed E-state index contributed by atoms with van der Waals surface area (Å²) in [6.45, 7) is 3.20. The molecule has 0 aromatic carbocycles. The lowest BCUT2D eigenvalue weighted by molar-refractivity contribution is 0.285. The first kappa shape index (κ1) is 37.6. The molecule has 0 aromatic rings. The fourth-order valence-electron chi connectivity index (χ4n) is 10.1. The Morgan fingerprint density at radius 2 is 1.76 bits per heavy atom. The van der Waals surface area contributed by atoms with Gasteiger partial charge in [0.25, 0.3) is 0 Å². The van der Waals surface area contributed by atoms with Crippen molar-refractivity contribution >= 4 is 0 Å². The van der Waals surface area contributed by atoms with Crippen LogP contribution in [-0.4, -0.2) is 23.7 Å². The van der Waals surface area contributed by atoms with Gasteiger partial charge in [-0.1, -0.05) is 115 Å². The minimum Gasteiger partial charge on any atom is -0.508 e. The molecule has 3 N–H and O–H groups in total. The van der Waals surface area contributed by atoms with E-state index in [1.807, 2.05) is 6.08 Å². The minimum atomic E-state index is 0.301. The summed E-state index contributed by atoms with van der Waals surface area (Å²) in [5.41, 5.74) is 13.8. The Labute approximate surface area is 331 Å². The molecule has 0 saturated carbocycles. The molecular weight excluding hydrogens is 669 g/mol. The lowest BCUT2D eigenvalue weighted by atomic mass is 9.74. The zero-order chi connectivity index (χ0) is 37.4. The minimum absolute atomic E-state index is 0.301. The van der Waals surface area contributed by atoms with Crippen LogP contribution < -0.4 is 10.6 Å². The number of rotatable bonds is 11. The number of nitrogens with one attached hydrogen (secondary N) is 2. The summed E-state index contributed by atoms with van der Waals surface area (Å²) in [5.74, 6) is 2.12. The van der Waals surface area contributed by atoms with Crippen LogP contribution in [0.15, 0.2) is 177 Å². The average Bonchev–Trinajstić information content (AvgIpc) is 3.25. The van der Waals surface area contributed by atoms with Gasteiger partial charge in [-0.05, 0) is 166 Å². The van der Waals surface area contributed by atoms with Gasteiger partial charge in [0, 0.05) is 30.2 Å². The number of fused-ring (bicyclic) bond motifs is 1. The topological polar surface area (TPSA) is 44.3 Å². The van der Waals surface area contributed by atoms with Gasteiger partial charge in [0.05, 0.1) is 0 Å². The third-order valence-electron chi connectivity index (χ3n) is 13.2. The zero-order valence-corrected chi connectivity index (χ0v) is 33.1. The molecule has 5 unspecified atom stereocenters. The standard InChI is InChI=1S/C52H62N2O/c1-37(38-15-5-2-6-16-38)33-44(31-32-53-50-26-14-20-39-19-11-12-25-47(39)50)41-21-13-22-45(34-41)48-35-42(27-29-51(48)54-46-23-9-4-10-24-46)43-28-30-52(55)49(36-43)40-17-7-3-8-18-40/h3-4,7,9-11,14-15,17,19,21,23,26,28,30-31,33-35,39,43,46-47,50,53-55H,2,5-6,8,12-13,16,18,20,22,24-25,27,29,32,36H2,1H3/b37-33+,44-31+. The molecule has 0 saturated heterocycles. The fraction of sp³-hybridized carbons (Fsp3) is 0.423. The highest BCUT2D eigenvalue weighted by Gasteiger charge is 2.30. The van der Waals surface area contributed by atoms with Crippen LogP contribution in [0.25, 0.3) is 0 Å². The van der Waals surface area contributed by atoms with Crippen molar-refractivity contribution in [3.63, 3.8) is 0 Å². The SMILES string of the molecule is C/C(=C\C(=C/CNC1C=CCC2C=CCCC21)C1=CCCC(C2=C(NC3C=CC=CC3)CCC(C3C=CC(O)=C(C4=CC=CCC4)C3)=C2)=C1)C1=CCCCC1. The van der Waals surface area contributed by atoms with Crippen molar-refractivity contribution in [1.29, 1.82) is 0 Å². The quantitative estimate of drug-likeness (QED) is 0.146. The summed E-state index contributed by atoms with van der Waals surface area (Å²) in [4.78, 5) is 0. The van der Waals surface area contributed by atoms with E-state index < -0.39 is 0 Å². The summed E-state index contributed by atoms with van der Waals surface area (Å²) in [6, 6.07) is 0.754. The van der Waals surface area contributed by atoms with Gasteiger partial charge in [-0.25, -0.2) is 0 Å².